The van der Waals surface area contributed by atoms with Crippen molar-refractivity contribution in [1.29, 1.82) is 0 Å². The van der Waals surface area contributed by atoms with Gasteiger partial charge in [-0.1, -0.05) is 24.7 Å². The van der Waals surface area contributed by atoms with Crippen molar-refractivity contribution >= 4 is 22.4 Å². The smallest absolute Gasteiger partial charge is 0.216 e. The lowest BCUT2D eigenvalue weighted by atomic mass is 10.1. The summed E-state index contributed by atoms with van der Waals surface area (Å²) in [5, 5.41) is 16.3. The van der Waals surface area contributed by atoms with Gasteiger partial charge in [0, 0.05) is 19.0 Å². The first-order valence-electron chi connectivity index (χ1n) is 8.57. The molecule has 2 N–H and O–H groups in total. The van der Waals surface area contributed by atoms with Gasteiger partial charge in [0.05, 0.1) is 6.54 Å². The van der Waals surface area contributed by atoms with Gasteiger partial charge in [-0.3, -0.25) is 4.79 Å². The molecule has 0 spiro atoms. The molecule has 136 valence electrons. The fourth-order valence-electron chi connectivity index (χ4n) is 2.46. The van der Waals surface area contributed by atoms with Crippen LogP contribution in [0.25, 0.3) is 10.6 Å². The van der Waals surface area contributed by atoms with Crippen LogP contribution in [0.1, 0.15) is 37.8 Å². The summed E-state index contributed by atoms with van der Waals surface area (Å²) in [5.41, 5.74) is 3.15. The molecule has 1 aromatic carbocycles. The number of aryl methyl sites for hydroxylation is 2. The Hall–Kier alpha value is -2.15. The van der Waals surface area contributed by atoms with Crippen LogP contribution in [0.4, 0.5) is 5.13 Å². The number of nitrogens with zero attached hydrogens (tertiary/aromatic N) is 2. The predicted octanol–water partition coefficient (Wildman–Crippen LogP) is 3.55. The fraction of sp³-hybridized carbons (Fsp3) is 0.500. The van der Waals surface area contributed by atoms with E-state index in [1.165, 1.54) is 6.92 Å². The third kappa shape index (κ3) is 5.70. The van der Waals surface area contributed by atoms with Crippen LogP contribution in [0.15, 0.2) is 12.1 Å². The lowest BCUT2D eigenvalue weighted by Gasteiger charge is -2.13. The summed E-state index contributed by atoms with van der Waals surface area (Å²) in [6, 6.07) is 4.13. The Bertz CT molecular complexity index is 692. The third-order valence-corrected chi connectivity index (χ3v) is 4.59. The van der Waals surface area contributed by atoms with Crippen molar-refractivity contribution in [1.82, 2.24) is 15.5 Å². The molecule has 6 nitrogen and oxygen atoms in total. The molecule has 25 heavy (non-hydrogen) atoms. The van der Waals surface area contributed by atoms with E-state index >= 15 is 0 Å². The summed E-state index contributed by atoms with van der Waals surface area (Å²) in [7, 11) is 0. The second-order valence-corrected chi connectivity index (χ2v) is 6.94. The number of rotatable bonds is 9. The summed E-state index contributed by atoms with van der Waals surface area (Å²) in [5.74, 6) is 0.812. The van der Waals surface area contributed by atoms with Crippen molar-refractivity contribution in [2.75, 3.05) is 25.0 Å². The molecule has 1 aromatic heterocycles. The van der Waals surface area contributed by atoms with Gasteiger partial charge in [-0.15, -0.1) is 10.2 Å². The van der Waals surface area contributed by atoms with Crippen LogP contribution in [0.3, 0.4) is 0 Å². The summed E-state index contributed by atoms with van der Waals surface area (Å²) >= 11 is 1.56. The summed E-state index contributed by atoms with van der Waals surface area (Å²) in [6.45, 7) is 9.57. The molecule has 0 aliphatic rings. The maximum Gasteiger partial charge on any atom is 0.216 e. The van der Waals surface area contributed by atoms with E-state index in [1.54, 1.807) is 11.3 Å². The molecular formula is C18H26N4O2S. The Morgan fingerprint density at radius 3 is 2.56 bits per heavy atom. The number of aromatic nitrogens is 2. The molecule has 2 aromatic rings. The van der Waals surface area contributed by atoms with E-state index in [4.69, 9.17) is 4.74 Å². The Morgan fingerprint density at radius 1 is 1.20 bits per heavy atom. The van der Waals surface area contributed by atoms with Gasteiger partial charge in [0.25, 0.3) is 0 Å². The molecule has 0 bridgehead atoms. The number of carbonyl (C=O) groups is 1. The zero-order valence-electron chi connectivity index (χ0n) is 15.3. The van der Waals surface area contributed by atoms with Gasteiger partial charge in [0.1, 0.15) is 17.4 Å². The van der Waals surface area contributed by atoms with Crippen molar-refractivity contribution in [2.45, 2.75) is 40.5 Å². The maximum absolute atomic E-state index is 10.9. The highest BCUT2D eigenvalue weighted by molar-refractivity contribution is 7.18. The Labute approximate surface area is 153 Å². The molecule has 7 heteroatoms. The standard InChI is InChI=1S/C18H26N4O2S/c1-5-6-7-20-18-22-21-17(25-18)15-10-12(2)16(13(3)11-15)24-9-8-19-14(4)23/h10-11H,5-9H2,1-4H3,(H,19,23)(H,20,22). The molecule has 0 aliphatic carbocycles. The molecule has 0 radical (unpaired) electrons. The van der Waals surface area contributed by atoms with Crippen LogP contribution in [-0.4, -0.2) is 35.8 Å². The minimum atomic E-state index is -0.0491. The molecular weight excluding hydrogens is 336 g/mol. The second-order valence-electron chi connectivity index (χ2n) is 5.96. The number of carbonyl (C=O) groups excluding carboxylic acids is 1. The summed E-state index contributed by atoms with van der Waals surface area (Å²) in [4.78, 5) is 10.9. The summed E-state index contributed by atoms with van der Waals surface area (Å²) in [6.07, 6.45) is 2.28. The molecule has 0 atom stereocenters. The molecule has 0 aliphatic heterocycles. The Morgan fingerprint density at radius 2 is 1.92 bits per heavy atom. The first-order chi connectivity index (χ1) is 12.0. The number of hydrogen-bond donors (Lipinski definition) is 2. The lowest BCUT2D eigenvalue weighted by Crippen LogP contribution is -2.25. The highest BCUT2D eigenvalue weighted by Crippen LogP contribution is 2.32. The van der Waals surface area contributed by atoms with Crippen LogP contribution >= 0.6 is 11.3 Å². The predicted molar refractivity (Wildman–Crippen MR) is 102 cm³/mol. The Kier molecular flexibility index (Phi) is 7.18. The van der Waals surface area contributed by atoms with Gasteiger partial charge in [-0.05, 0) is 43.5 Å². The van der Waals surface area contributed by atoms with Crippen molar-refractivity contribution in [2.24, 2.45) is 0 Å². The van der Waals surface area contributed by atoms with Gasteiger partial charge in [-0.25, -0.2) is 0 Å². The lowest BCUT2D eigenvalue weighted by molar-refractivity contribution is -0.119. The summed E-state index contributed by atoms with van der Waals surface area (Å²) < 4.78 is 5.82. The topological polar surface area (TPSA) is 76.1 Å². The Balaban J connectivity index is 2.04. The van der Waals surface area contributed by atoms with Crippen LogP contribution in [-0.2, 0) is 4.79 Å². The molecule has 1 heterocycles. The van der Waals surface area contributed by atoms with E-state index in [-0.39, 0.29) is 5.91 Å². The van der Waals surface area contributed by atoms with Crippen molar-refractivity contribution < 1.29 is 9.53 Å². The van der Waals surface area contributed by atoms with Crippen LogP contribution in [0.2, 0.25) is 0 Å². The molecule has 0 saturated heterocycles. The number of nitrogens with one attached hydrogen (secondary N) is 2. The second kappa shape index (κ2) is 9.36. The molecule has 1 amide bonds. The quantitative estimate of drug-likeness (QED) is 0.667. The maximum atomic E-state index is 10.9. The number of anilines is 1. The average molecular weight is 362 g/mol. The molecule has 0 fully saturated rings. The van der Waals surface area contributed by atoms with Crippen molar-refractivity contribution in [3.8, 4) is 16.3 Å². The van der Waals surface area contributed by atoms with E-state index in [1.807, 2.05) is 13.8 Å². The van der Waals surface area contributed by atoms with Gasteiger partial charge in [0.2, 0.25) is 11.0 Å². The van der Waals surface area contributed by atoms with Gasteiger partial charge in [-0.2, -0.15) is 0 Å². The first kappa shape index (κ1) is 19.2. The zero-order chi connectivity index (χ0) is 18.2. The number of hydrogen-bond acceptors (Lipinski definition) is 6. The van der Waals surface area contributed by atoms with Gasteiger partial charge in [0.15, 0.2) is 0 Å². The first-order valence-corrected chi connectivity index (χ1v) is 9.39. The van der Waals surface area contributed by atoms with E-state index in [0.717, 1.165) is 52.0 Å². The third-order valence-electron chi connectivity index (χ3n) is 3.66. The highest BCUT2D eigenvalue weighted by atomic mass is 32.1. The van der Waals surface area contributed by atoms with Gasteiger partial charge < -0.3 is 15.4 Å². The SMILES string of the molecule is CCCCNc1nnc(-c2cc(C)c(OCCNC(C)=O)c(C)c2)s1. The van der Waals surface area contributed by atoms with Crippen molar-refractivity contribution in [3.05, 3.63) is 23.3 Å². The molecule has 0 saturated carbocycles. The normalized spacial score (nSPS) is 10.6. The van der Waals surface area contributed by atoms with Crippen LogP contribution in [0.5, 0.6) is 5.75 Å². The molecule has 0 unspecified atom stereocenters. The minimum Gasteiger partial charge on any atom is -0.491 e. The minimum absolute atomic E-state index is 0.0491. The fourth-order valence-corrected chi connectivity index (χ4v) is 3.22. The van der Waals surface area contributed by atoms with Crippen LogP contribution < -0.4 is 15.4 Å². The number of unbranched alkanes of at least 4 members (excludes halogenated alkanes) is 1. The van der Waals surface area contributed by atoms with E-state index < -0.39 is 0 Å². The van der Waals surface area contributed by atoms with E-state index in [0.29, 0.717) is 13.2 Å². The van der Waals surface area contributed by atoms with E-state index in [9.17, 15) is 4.79 Å². The largest absolute Gasteiger partial charge is 0.491 e. The van der Waals surface area contributed by atoms with Crippen molar-refractivity contribution in [3.63, 3.8) is 0 Å². The number of amides is 1. The van der Waals surface area contributed by atoms with Gasteiger partial charge >= 0.3 is 0 Å². The molecule has 2 rings (SSSR count). The number of ether oxygens (including phenoxy) is 1. The monoisotopic (exact) mass is 362 g/mol. The number of benzene rings is 1. The highest BCUT2D eigenvalue weighted by Gasteiger charge is 2.11. The average Bonchev–Trinajstić information content (AvgIpc) is 3.02. The zero-order valence-corrected chi connectivity index (χ0v) is 16.1. The van der Waals surface area contributed by atoms with Crippen LogP contribution in [0, 0.1) is 13.8 Å². The van der Waals surface area contributed by atoms with E-state index in [2.05, 4.69) is 39.9 Å².